The quantitative estimate of drug-likeness (QED) is 0.669. The number of aliphatic carboxylic acids is 2. The Morgan fingerprint density at radius 3 is 2.73 bits per heavy atom. The number of rotatable bonds is 5. The monoisotopic (exact) mass is 392 g/mol. The molecule has 1 aliphatic heterocycles. The fourth-order valence-corrected chi connectivity index (χ4v) is 3.74. The highest BCUT2D eigenvalue weighted by molar-refractivity contribution is 7.73. The van der Waals surface area contributed by atoms with Crippen molar-refractivity contribution in [1.82, 2.24) is 4.57 Å². The molecule has 0 unspecified atom stereocenters. The van der Waals surface area contributed by atoms with E-state index in [-0.39, 0.29) is 20.4 Å². The normalized spacial score (nSPS) is 14.2. The molecule has 0 saturated heterocycles. The standard InChI is InChI=1S/C16H12N2O6S2/c1-24-7-2-3-8-9(13(15(22)23)17-10(8)4-7)5-11-14(21)18(6-12(19)20)16(25)26-11/h2-5,21H,6H2,1H3,(H,19,20)(H,22,23). The van der Waals surface area contributed by atoms with Crippen molar-refractivity contribution in [2.75, 3.05) is 7.11 Å². The van der Waals surface area contributed by atoms with E-state index in [0.29, 0.717) is 22.6 Å². The maximum atomic E-state index is 11.6. The highest BCUT2D eigenvalue weighted by Gasteiger charge is 2.27. The molecule has 0 radical (unpaired) electrons. The molecule has 8 nitrogen and oxygen atoms in total. The molecule has 0 atom stereocenters. The van der Waals surface area contributed by atoms with E-state index in [9.17, 15) is 19.8 Å². The van der Waals surface area contributed by atoms with E-state index in [1.165, 1.54) is 13.2 Å². The largest absolute Gasteiger partial charge is 0.497 e. The third-order valence-corrected chi connectivity index (χ3v) is 5.03. The summed E-state index contributed by atoms with van der Waals surface area (Å²) in [6, 6.07) is 4.95. The van der Waals surface area contributed by atoms with Crippen LogP contribution < -0.4 is 4.74 Å². The number of ether oxygens (including phenoxy) is 1. The second-order valence-corrected chi connectivity index (χ2v) is 6.92. The Balaban J connectivity index is 2.14. The SMILES string of the molecule is COc1ccc2c(c1)N=C(C(=O)O)C2=Cc1sc(=S)n(CC(=O)O)c1O. The molecule has 0 bridgehead atoms. The highest BCUT2D eigenvalue weighted by Crippen LogP contribution is 2.40. The van der Waals surface area contributed by atoms with E-state index in [4.69, 9.17) is 22.1 Å². The van der Waals surface area contributed by atoms with Gasteiger partial charge in [0.2, 0.25) is 5.88 Å². The highest BCUT2D eigenvalue weighted by atomic mass is 32.1. The van der Waals surface area contributed by atoms with Gasteiger partial charge in [0, 0.05) is 17.2 Å². The predicted octanol–water partition coefficient (Wildman–Crippen LogP) is 2.79. The van der Waals surface area contributed by atoms with Crippen molar-refractivity contribution >= 4 is 58.5 Å². The summed E-state index contributed by atoms with van der Waals surface area (Å²) in [6.45, 7) is -0.488. The molecule has 1 aliphatic rings. The van der Waals surface area contributed by atoms with Gasteiger partial charge < -0.3 is 20.1 Å². The number of hydrogen-bond donors (Lipinski definition) is 3. The van der Waals surface area contributed by atoms with Gasteiger partial charge in [-0.25, -0.2) is 9.79 Å². The van der Waals surface area contributed by atoms with E-state index in [1.807, 2.05) is 0 Å². The summed E-state index contributed by atoms with van der Waals surface area (Å²) < 4.78 is 6.35. The van der Waals surface area contributed by atoms with Crippen LogP contribution in [0, 0.1) is 3.95 Å². The van der Waals surface area contributed by atoms with Gasteiger partial charge in [0.1, 0.15) is 12.3 Å². The average molecular weight is 392 g/mol. The smallest absolute Gasteiger partial charge is 0.355 e. The Kier molecular flexibility index (Phi) is 4.62. The summed E-state index contributed by atoms with van der Waals surface area (Å²) in [5, 5.41) is 28.6. The van der Waals surface area contributed by atoms with Crippen LogP contribution in [0.1, 0.15) is 10.4 Å². The van der Waals surface area contributed by atoms with Gasteiger partial charge in [-0.1, -0.05) is 0 Å². The average Bonchev–Trinajstić information content (AvgIpc) is 3.07. The number of fused-ring (bicyclic) bond motifs is 1. The van der Waals surface area contributed by atoms with Crippen LogP contribution in [0.15, 0.2) is 23.2 Å². The Labute approximate surface area is 155 Å². The summed E-state index contributed by atoms with van der Waals surface area (Å²) in [5.74, 6) is -2.18. The fraction of sp³-hybridized carbons (Fsp3) is 0.125. The lowest BCUT2D eigenvalue weighted by molar-refractivity contribution is -0.137. The Bertz CT molecular complexity index is 1050. The minimum absolute atomic E-state index is 0.165. The molecule has 3 rings (SSSR count). The van der Waals surface area contributed by atoms with Crippen LogP contribution in [0.4, 0.5) is 5.69 Å². The lowest BCUT2D eigenvalue weighted by atomic mass is 10.0. The number of aliphatic imine (C=N–C) groups is 1. The van der Waals surface area contributed by atoms with Gasteiger partial charge in [0.15, 0.2) is 9.67 Å². The topological polar surface area (TPSA) is 121 Å². The van der Waals surface area contributed by atoms with Gasteiger partial charge in [-0.15, -0.1) is 11.3 Å². The minimum atomic E-state index is -1.22. The molecule has 10 heteroatoms. The molecule has 134 valence electrons. The number of carbonyl (C=O) groups is 2. The molecule has 26 heavy (non-hydrogen) atoms. The Hall–Kier alpha value is -2.98. The summed E-state index contributed by atoms with van der Waals surface area (Å²) in [7, 11) is 1.49. The van der Waals surface area contributed by atoms with Crippen LogP contribution in [-0.4, -0.2) is 44.6 Å². The maximum Gasteiger partial charge on any atom is 0.355 e. The zero-order valence-corrected chi connectivity index (χ0v) is 14.9. The second-order valence-electron chi connectivity index (χ2n) is 5.24. The fourth-order valence-electron chi connectivity index (χ4n) is 2.49. The number of carboxylic acid groups (broad SMARTS) is 2. The molecular weight excluding hydrogens is 380 g/mol. The van der Waals surface area contributed by atoms with E-state index < -0.39 is 18.5 Å². The van der Waals surface area contributed by atoms with Crippen molar-refractivity contribution in [3.8, 4) is 11.6 Å². The first kappa shape index (κ1) is 17.8. The van der Waals surface area contributed by atoms with Gasteiger partial charge >= 0.3 is 11.9 Å². The lowest BCUT2D eigenvalue weighted by Gasteiger charge is -2.04. The number of hydrogen-bond acceptors (Lipinski definition) is 7. The summed E-state index contributed by atoms with van der Waals surface area (Å²) in [6.07, 6.45) is 1.44. The van der Waals surface area contributed by atoms with Crippen LogP contribution in [-0.2, 0) is 16.1 Å². The zero-order chi connectivity index (χ0) is 19.0. The Morgan fingerprint density at radius 1 is 1.38 bits per heavy atom. The van der Waals surface area contributed by atoms with Crippen molar-refractivity contribution in [3.05, 3.63) is 32.6 Å². The molecule has 2 aromatic rings. The van der Waals surface area contributed by atoms with Crippen LogP contribution in [0.5, 0.6) is 11.6 Å². The third kappa shape index (κ3) is 3.11. The van der Waals surface area contributed by atoms with Crippen molar-refractivity contribution in [2.45, 2.75) is 6.54 Å². The van der Waals surface area contributed by atoms with Gasteiger partial charge in [-0.3, -0.25) is 9.36 Å². The number of aromatic hydroxyl groups is 1. The molecule has 1 aromatic carbocycles. The number of aromatic nitrogens is 1. The molecule has 2 heterocycles. The van der Waals surface area contributed by atoms with Crippen LogP contribution in [0.2, 0.25) is 0 Å². The molecule has 0 amide bonds. The number of carboxylic acids is 2. The first-order valence-corrected chi connectivity index (χ1v) is 8.41. The summed E-state index contributed by atoms with van der Waals surface area (Å²) in [5.41, 5.74) is 1.11. The number of benzene rings is 1. The van der Waals surface area contributed by atoms with Gasteiger partial charge in [-0.05, 0) is 30.4 Å². The van der Waals surface area contributed by atoms with E-state index in [0.717, 1.165) is 15.9 Å². The minimum Gasteiger partial charge on any atom is -0.497 e. The van der Waals surface area contributed by atoms with Crippen molar-refractivity contribution < 1.29 is 29.6 Å². The molecule has 0 fully saturated rings. The molecule has 3 N–H and O–H groups in total. The van der Waals surface area contributed by atoms with Crippen LogP contribution in [0.25, 0.3) is 11.6 Å². The van der Waals surface area contributed by atoms with E-state index >= 15 is 0 Å². The summed E-state index contributed by atoms with van der Waals surface area (Å²) >= 11 is 6.06. The van der Waals surface area contributed by atoms with Gasteiger partial charge in [0.25, 0.3) is 0 Å². The van der Waals surface area contributed by atoms with Crippen molar-refractivity contribution in [2.24, 2.45) is 4.99 Å². The molecule has 0 aliphatic carbocycles. The molecule has 0 saturated carbocycles. The van der Waals surface area contributed by atoms with E-state index in [2.05, 4.69) is 4.99 Å². The van der Waals surface area contributed by atoms with Gasteiger partial charge in [0.05, 0.1) is 17.7 Å². The predicted molar refractivity (Wildman–Crippen MR) is 98.0 cm³/mol. The van der Waals surface area contributed by atoms with E-state index in [1.54, 1.807) is 18.2 Å². The first-order valence-electron chi connectivity index (χ1n) is 7.18. The van der Waals surface area contributed by atoms with Gasteiger partial charge in [-0.2, -0.15) is 0 Å². The van der Waals surface area contributed by atoms with Crippen LogP contribution in [0.3, 0.4) is 0 Å². The van der Waals surface area contributed by atoms with Crippen molar-refractivity contribution in [1.29, 1.82) is 0 Å². The zero-order valence-electron chi connectivity index (χ0n) is 13.3. The number of methoxy groups -OCH3 is 1. The Morgan fingerprint density at radius 2 is 2.12 bits per heavy atom. The van der Waals surface area contributed by atoms with Crippen molar-refractivity contribution in [3.63, 3.8) is 0 Å². The first-order chi connectivity index (χ1) is 12.3. The number of thiazole rings is 1. The van der Waals surface area contributed by atoms with Crippen LogP contribution >= 0.6 is 23.6 Å². The second kappa shape index (κ2) is 6.73. The number of nitrogens with zero attached hydrogens (tertiary/aromatic N) is 2. The molecular formula is C16H12N2O6S2. The molecule has 1 aromatic heterocycles. The summed E-state index contributed by atoms with van der Waals surface area (Å²) in [4.78, 5) is 26.8. The molecule has 0 spiro atoms. The third-order valence-electron chi connectivity index (χ3n) is 3.65. The maximum absolute atomic E-state index is 11.6. The lowest BCUT2D eigenvalue weighted by Crippen LogP contribution is -2.11.